The van der Waals surface area contributed by atoms with Crippen LogP contribution in [0.25, 0.3) is 10.9 Å². The summed E-state index contributed by atoms with van der Waals surface area (Å²) in [5.74, 6) is -2.80. The molecule has 2 saturated heterocycles. The van der Waals surface area contributed by atoms with E-state index < -0.39 is 42.6 Å². The predicted octanol–water partition coefficient (Wildman–Crippen LogP) is 1.80. The van der Waals surface area contributed by atoms with Gasteiger partial charge in [-0.15, -0.1) is 0 Å². The Kier molecular flexibility index (Phi) is 11.2. The number of pyridine rings is 1. The number of benzene rings is 1. The molecule has 1 aromatic heterocycles. The van der Waals surface area contributed by atoms with Crippen LogP contribution in [-0.4, -0.2) is 125 Å². The first-order chi connectivity index (χ1) is 23.0. The first kappa shape index (κ1) is 34.7. The SMILES string of the molecule is CCOC(=O)N1CCN(C(=O)[C@H](CCC(=O)O)NC(=O)c2cc(OCC(=O)N3CCC[C@H]3C(=O)NC3CC3)c3cc(Cl)ccc3n2)CC1. The van der Waals surface area contributed by atoms with Crippen LogP contribution in [0.5, 0.6) is 5.75 Å². The maximum Gasteiger partial charge on any atom is 0.409 e. The Morgan fingerprint density at radius 2 is 1.75 bits per heavy atom. The highest BCUT2D eigenvalue weighted by atomic mass is 35.5. The molecule has 5 amide bonds. The first-order valence-corrected chi connectivity index (χ1v) is 16.5. The van der Waals surface area contributed by atoms with Crippen LogP contribution in [0, 0.1) is 0 Å². The average molecular weight is 687 g/mol. The molecular weight excluding hydrogens is 648 g/mol. The van der Waals surface area contributed by atoms with Gasteiger partial charge in [0, 0.05) is 61.7 Å². The van der Waals surface area contributed by atoms with E-state index in [2.05, 4.69) is 15.6 Å². The molecule has 16 heteroatoms. The normalized spacial score (nSPS) is 18.3. The molecule has 2 aliphatic heterocycles. The van der Waals surface area contributed by atoms with Gasteiger partial charge in [-0.1, -0.05) is 11.6 Å². The van der Waals surface area contributed by atoms with Crippen LogP contribution in [0.15, 0.2) is 24.3 Å². The Morgan fingerprint density at radius 3 is 2.44 bits per heavy atom. The van der Waals surface area contributed by atoms with Crippen molar-refractivity contribution < 1.29 is 43.3 Å². The summed E-state index contributed by atoms with van der Waals surface area (Å²) in [4.78, 5) is 85.3. The maximum atomic E-state index is 13.6. The number of carboxylic acid groups (broad SMARTS) is 1. The van der Waals surface area contributed by atoms with Crippen molar-refractivity contribution in [2.45, 2.75) is 63.6 Å². The summed E-state index contributed by atoms with van der Waals surface area (Å²) in [7, 11) is 0. The Bertz CT molecular complexity index is 1580. The number of likely N-dealkylation sites (tertiary alicyclic amines) is 1. The van der Waals surface area contributed by atoms with Crippen LogP contribution in [0.2, 0.25) is 5.02 Å². The second kappa shape index (κ2) is 15.5. The summed E-state index contributed by atoms with van der Waals surface area (Å²) in [5.41, 5.74) is 0.205. The summed E-state index contributed by atoms with van der Waals surface area (Å²) >= 11 is 6.24. The van der Waals surface area contributed by atoms with Crippen molar-refractivity contribution in [1.82, 2.24) is 30.3 Å². The topological polar surface area (TPSA) is 188 Å². The number of aliphatic carboxylic acids is 1. The quantitative estimate of drug-likeness (QED) is 0.297. The van der Waals surface area contributed by atoms with Crippen molar-refractivity contribution in [1.29, 1.82) is 0 Å². The highest BCUT2D eigenvalue weighted by Crippen LogP contribution is 2.29. The van der Waals surface area contributed by atoms with Crippen LogP contribution in [0.4, 0.5) is 4.79 Å². The van der Waals surface area contributed by atoms with Crippen molar-refractivity contribution in [3.63, 3.8) is 0 Å². The fourth-order valence-electron chi connectivity index (χ4n) is 5.79. The second-order valence-corrected chi connectivity index (χ2v) is 12.4. The van der Waals surface area contributed by atoms with Crippen LogP contribution in [0.1, 0.15) is 55.9 Å². The van der Waals surface area contributed by atoms with Crippen molar-refractivity contribution in [2.24, 2.45) is 0 Å². The number of halogens is 1. The molecule has 0 spiro atoms. The number of fused-ring (bicyclic) bond motifs is 1. The van der Waals surface area contributed by atoms with E-state index in [0.717, 1.165) is 12.8 Å². The number of hydrogen-bond acceptors (Lipinski definition) is 9. The maximum absolute atomic E-state index is 13.6. The number of carbonyl (C=O) groups is 6. The van der Waals surface area contributed by atoms with E-state index in [1.54, 1.807) is 25.1 Å². The molecule has 1 aliphatic carbocycles. The van der Waals surface area contributed by atoms with E-state index in [9.17, 15) is 33.9 Å². The van der Waals surface area contributed by atoms with Gasteiger partial charge >= 0.3 is 12.1 Å². The highest BCUT2D eigenvalue weighted by molar-refractivity contribution is 6.31. The van der Waals surface area contributed by atoms with Gasteiger partial charge in [0.05, 0.1) is 12.1 Å². The van der Waals surface area contributed by atoms with Gasteiger partial charge in [-0.05, 0) is 57.2 Å². The lowest BCUT2D eigenvalue weighted by Gasteiger charge is -2.35. The van der Waals surface area contributed by atoms with Gasteiger partial charge in [-0.3, -0.25) is 24.0 Å². The zero-order chi connectivity index (χ0) is 34.4. The van der Waals surface area contributed by atoms with Gasteiger partial charge in [0.1, 0.15) is 23.5 Å². The number of amides is 5. The summed E-state index contributed by atoms with van der Waals surface area (Å²) in [6, 6.07) is 4.49. The van der Waals surface area contributed by atoms with Crippen molar-refractivity contribution >= 4 is 58.2 Å². The summed E-state index contributed by atoms with van der Waals surface area (Å²) in [6.07, 6.45) is 2.08. The number of aromatic nitrogens is 1. The molecule has 0 bridgehead atoms. The summed E-state index contributed by atoms with van der Waals surface area (Å²) < 4.78 is 11.0. The molecule has 1 saturated carbocycles. The third-order valence-corrected chi connectivity index (χ3v) is 8.72. The molecule has 0 unspecified atom stereocenters. The van der Waals surface area contributed by atoms with Crippen LogP contribution in [0.3, 0.4) is 0 Å². The minimum absolute atomic E-state index is 0.129. The standard InChI is InChI=1S/C32H39ClN6O9/c1-2-47-32(46)38-14-12-37(13-15-38)31(45)23(9-10-28(41)42)36-29(43)24-17-26(21-16-19(33)5-8-22(21)35-24)48-18-27(40)39-11-3-4-25(39)30(44)34-20-6-7-20/h5,8,16-17,20,23,25H,2-4,6-7,9-15,18H2,1H3,(H,34,44)(H,36,43)(H,41,42)/t23-,25-/m0/s1. The monoisotopic (exact) mass is 686 g/mol. The third-order valence-electron chi connectivity index (χ3n) is 8.48. The van der Waals surface area contributed by atoms with E-state index in [0.29, 0.717) is 35.3 Å². The van der Waals surface area contributed by atoms with Gasteiger partial charge in [0.2, 0.25) is 11.8 Å². The Labute approximate surface area is 281 Å². The lowest BCUT2D eigenvalue weighted by atomic mass is 10.1. The second-order valence-electron chi connectivity index (χ2n) is 12.0. The molecular formula is C32H39ClN6O9. The smallest absolute Gasteiger partial charge is 0.409 e. The molecule has 3 aliphatic rings. The number of rotatable bonds is 12. The largest absolute Gasteiger partial charge is 0.483 e. The van der Waals surface area contributed by atoms with Crippen molar-refractivity contribution in [3.05, 3.63) is 35.0 Å². The predicted molar refractivity (Wildman–Crippen MR) is 171 cm³/mol. The van der Waals surface area contributed by atoms with Gasteiger partial charge in [0.25, 0.3) is 11.8 Å². The van der Waals surface area contributed by atoms with E-state index in [1.165, 1.54) is 20.8 Å². The first-order valence-electron chi connectivity index (χ1n) is 16.1. The van der Waals surface area contributed by atoms with Gasteiger partial charge in [-0.25, -0.2) is 9.78 Å². The number of nitrogens with one attached hydrogen (secondary N) is 2. The highest BCUT2D eigenvalue weighted by Gasteiger charge is 2.37. The van der Waals surface area contributed by atoms with Gasteiger partial charge in [0.15, 0.2) is 6.61 Å². The minimum atomic E-state index is -1.19. The summed E-state index contributed by atoms with van der Waals surface area (Å²) in [5, 5.41) is 15.7. The molecule has 1 aromatic carbocycles. The molecule has 3 heterocycles. The lowest BCUT2D eigenvalue weighted by molar-refractivity contribution is -0.140. The fourth-order valence-corrected chi connectivity index (χ4v) is 5.96. The number of carbonyl (C=O) groups excluding carboxylic acids is 5. The number of ether oxygens (including phenoxy) is 2. The van der Waals surface area contributed by atoms with Crippen molar-refractivity contribution in [2.75, 3.05) is 45.9 Å². The van der Waals surface area contributed by atoms with Crippen LogP contribution in [-0.2, 0) is 23.9 Å². The summed E-state index contributed by atoms with van der Waals surface area (Å²) in [6.45, 7) is 2.74. The van der Waals surface area contributed by atoms with Crippen molar-refractivity contribution in [3.8, 4) is 5.75 Å². The molecule has 48 heavy (non-hydrogen) atoms. The lowest BCUT2D eigenvalue weighted by Crippen LogP contribution is -2.56. The third kappa shape index (κ3) is 8.62. The Hall–Kier alpha value is -4.66. The Morgan fingerprint density at radius 1 is 1.02 bits per heavy atom. The molecule has 258 valence electrons. The molecule has 2 atom stereocenters. The number of nitrogens with zero attached hydrogens (tertiary/aromatic N) is 4. The number of carboxylic acids is 1. The van der Waals surface area contributed by atoms with E-state index in [1.807, 2.05) is 0 Å². The number of piperazine rings is 1. The average Bonchev–Trinajstić information content (AvgIpc) is 3.75. The van der Waals surface area contributed by atoms with E-state index in [4.69, 9.17) is 21.1 Å². The molecule has 0 radical (unpaired) electrons. The van der Waals surface area contributed by atoms with E-state index in [-0.39, 0.29) is 74.9 Å². The number of hydrogen-bond donors (Lipinski definition) is 3. The zero-order valence-electron chi connectivity index (χ0n) is 26.6. The molecule has 5 rings (SSSR count). The Balaban J connectivity index is 1.30. The van der Waals surface area contributed by atoms with Crippen LogP contribution < -0.4 is 15.4 Å². The van der Waals surface area contributed by atoms with Crippen LogP contribution >= 0.6 is 11.6 Å². The molecule has 2 aromatic rings. The molecule has 3 fully saturated rings. The van der Waals surface area contributed by atoms with Gasteiger partial charge in [-0.2, -0.15) is 0 Å². The van der Waals surface area contributed by atoms with E-state index >= 15 is 0 Å². The molecule has 15 nitrogen and oxygen atoms in total. The molecule has 3 N–H and O–H groups in total. The zero-order valence-corrected chi connectivity index (χ0v) is 27.4. The minimum Gasteiger partial charge on any atom is -0.483 e. The fraction of sp³-hybridized carbons (Fsp3) is 0.531. The van der Waals surface area contributed by atoms with Gasteiger partial charge < -0.3 is 39.9 Å².